The van der Waals surface area contributed by atoms with Crippen LogP contribution in [0.3, 0.4) is 0 Å². The number of benzene rings is 1. The van der Waals surface area contributed by atoms with E-state index in [1.54, 1.807) is 0 Å². The summed E-state index contributed by atoms with van der Waals surface area (Å²) in [4.78, 5) is 11.5. The van der Waals surface area contributed by atoms with Crippen LogP contribution in [0.2, 0.25) is 0 Å². The van der Waals surface area contributed by atoms with Crippen molar-refractivity contribution in [1.82, 2.24) is 0 Å². The average Bonchev–Trinajstić information content (AvgIpc) is 3.28. The Labute approximate surface area is 174 Å². The molecule has 29 heavy (non-hydrogen) atoms. The number of ether oxygens (including phenoxy) is 2. The van der Waals surface area contributed by atoms with Crippen LogP contribution < -0.4 is 0 Å². The number of hydrogen-bond donors (Lipinski definition) is 1. The summed E-state index contributed by atoms with van der Waals surface area (Å²) in [6, 6.07) is 10.2. The molecule has 4 rings (SSSR count). The van der Waals surface area contributed by atoms with E-state index in [4.69, 9.17) is 9.47 Å². The molecule has 1 aromatic carbocycles. The van der Waals surface area contributed by atoms with E-state index in [1.165, 1.54) is 6.42 Å². The molecule has 0 amide bonds. The van der Waals surface area contributed by atoms with Crippen molar-refractivity contribution in [2.45, 2.75) is 76.8 Å². The van der Waals surface area contributed by atoms with E-state index in [0.29, 0.717) is 17.8 Å². The molecule has 2 aliphatic carbocycles. The topological polar surface area (TPSA) is 55.8 Å². The van der Waals surface area contributed by atoms with Gasteiger partial charge in [-0.15, -0.1) is 0 Å². The molecule has 4 nitrogen and oxygen atoms in total. The number of carboxylic acids is 1. The molecule has 1 saturated heterocycles. The summed E-state index contributed by atoms with van der Waals surface area (Å²) in [6.45, 7) is 2.27. The minimum atomic E-state index is -0.593. The van der Waals surface area contributed by atoms with E-state index in [9.17, 15) is 9.90 Å². The Balaban J connectivity index is 1.28. The zero-order valence-corrected chi connectivity index (χ0v) is 17.4. The molecule has 4 heteroatoms. The van der Waals surface area contributed by atoms with Gasteiger partial charge in [-0.25, -0.2) is 0 Å². The molecule has 6 unspecified atom stereocenters. The first-order valence-corrected chi connectivity index (χ1v) is 11.4. The van der Waals surface area contributed by atoms with E-state index in [0.717, 1.165) is 50.5 Å². The SMILES string of the molecule is CC1CC(CCCC2CCCCC2C(=O)O)C2O[C@H](/C=C/c3ccccc3)OC12. The highest BCUT2D eigenvalue weighted by Crippen LogP contribution is 2.44. The number of carbonyl (C=O) groups is 1. The van der Waals surface area contributed by atoms with Crippen molar-refractivity contribution in [2.75, 3.05) is 0 Å². The average molecular weight is 399 g/mol. The predicted octanol–water partition coefficient (Wildman–Crippen LogP) is 5.53. The Kier molecular flexibility index (Phi) is 6.71. The minimum Gasteiger partial charge on any atom is -0.481 e. The standard InChI is InChI=1S/C25H34O4/c1-17-16-20(12-7-11-19-10-5-6-13-21(19)25(26)27)24-23(17)28-22(29-24)15-14-18-8-3-2-4-9-18/h2-4,8-9,14-15,17,19-24H,5-7,10-13,16H2,1H3,(H,26,27)/b15-14+/t17?,19?,20?,21?,22-,23?,24?/m1/s1. The third kappa shape index (κ3) is 4.92. The molecule has 2 saturated carbocycles. The fourth-order valence-corrected chi connectivity index (χ4v) is 5.73. The Hall–Kier alpha value is -1.65. The maximum Gasteiger partial charge on any atom is 0.306 e. The van der Waals surface area contributed by atoms with Gasteiger partial charge in [-0.1, -0.05) is 62.6 Å². The number of aliphatic carboxylic acids is 1. The van der Waals surface area contributed by atoms with E-state index in [2.05, 4.69) is 25.1 Å². The monoisotopic (exact) mass is 398 g/mol. The summed E-state index contributed by atoms with van der Waals surface area (Å²) in [5.41, 5.74) is 1.15. The number of rotatable bonds is 7. The molecule has 0 bridgehead atoms. The van der Waals surface area contributed by atoms with Gasteiger partial charge in [-0.3, -0.25) is 4.79 Å². The molecule has 3 aliphatic rings. The minimum absolute atomic E-state index is 0.127. The summed E-state index contributed by atoms with van der Waals surface area (Å²) >= 11 is 0. The van der Waals surface area contributed by atoms with Crippen LogP contribution in [0.1, 0.15) is 63.9 Å². The van der Waals surface area contributed by atoms with Crippen molar-refractivity contribution >= 4 is 12.0 Å². The second-order valence-electron chi connectivity index (χ2n) is 9.23. The molecule has 1 aromatic rings. The van der Waals surface area contributed by atoms with Crippen molar-refractivity contribution in [3.05, 3.63) is 42.0 Å². The van der Waals surface area contributed by atoms with Gasteiger partial charge in [0, 0.05) is 0 Å². The third-order valence-corrected chi connectivity index (χ3v) is 7.23. The fourth-order valence-electron chi connectivity index (χ4n) is 5.73. The lowest BCUT2D eigenvalue weighted by Gasteiger charge is -2.29. The van der Waals surface area contributed by atoms with E-state index >= 15 is 0 Å². The molecular weight excluding hydrogens is 364 g/mol. The zero-order valence-electron chi connectivity index (χ0n) is 17.4. The highest BCUT2D eigenvalue weighted by molar-refractivity contribution is 5.70. The van der Waals surface area contributed by atoms with Crippen LogP contribution in [0.15, 0.2) is 36.4 Å². The lowest BCUT2D eigenvalue weighted by Crippen LogP contribution is -2.27. The molecule has 0 aromatic heterocycles. The summed E-state index contributed by atoms with van der Waals surface area (Å²) < 4.78 is 12.5. The highest BCUT2D eigenvalue weighted by Gasteiger charge is 2.48. The number of fused-ring (bicyclic) bond motifs is 1. The number of hydrogen-bond acceptors (Lipinski definition) is 3. The van der Waals surface area contributed by atoms with Gasteiger partial charge >= 0.3 is 5.97 Å². The van der Waals surface area contributed by atoms with Crippen LogP contribution in [-0.2, 0) is 14.3 Å². The van der Waals surface area contributed by atoms with Crippen LogP contribution in [0.5, 0.6) is 0 Å². The zero-order chi connectivity index (χ0) is 20.2. The number of carboxylic acid groups (broad SMARTS) is 1. The quantitative estimate of drug-likeness (QED) is 0.656. The van der Waals surface area contributed by atoms with Crippen molar-refractivity contribution in [2.24, 2.45) is 23.7 Å². The summed E-state index contributed by atoms with van der Waals surface area (Å²) in [7, 11) is 0. The lowest BCUT2D eigenvalue weighted by molar-refractivity contribution is -0.145. The first-order chi connectivity index (χ1) is 14.1. The van der Waals surface area contributed by atoms with E-state index < -0.39 is 5.97 Å². The van der Waals surface area contributed by atoms with Crippen molar-refractivity contribution < 1.29 is 19.4 Å². The van der Waals surface area contributed by atoms with Gasteiger partial charge in [0.2, 0.25) is 0 Å². The van der Waals surface area contributed by atoms with E-state index in [1.807, 2.05) is 24.3 Å². The van der Waals surface area contributed by atoms with Crippen molar-refractivity contribution in [3.8, 4) is 0 Å². The Bertz CT molecular complexity index is 700. The summed E-state index contributed by atoms with van der Waals surface area (Å²) in [6.07, 6.45) is 12.8. The van der Waals surface area contributed by atoms with Gasteiger partial charge in [0.1, 0.15) is 0 Å². The van der Waals surface area contributed by atoms with Gasteiger partial charge in [0.05, 0.1) is 18.1 Å². The second kappa shape index (κ2) is 9.44. The first-order valence-electron chi connectivity index (χ1n) is 11.4. The van der Waals surface area contributed by atoms with Crippen LogP contribution in [-0.4, -0.2) is 29.6 Å². The molecule has 1 aliphatic heterocycles. The maximum absolute atomic E-state index is 11.5. The fraction of sp³-hybridized carbons (Fsp3) is 0.640. The highest BCUT2D eigenvalue weighted by atomic mass is 16.7. The smallest absolute Gasteiger partial charge is 0.306 e. The van der Waals surface area contributed by atoms with Crippen LogP contribution >= 0.6 is 0 Å². The Morgan fingerprint density at radius 3 is 2.59 bits per heavy atom. The molecule has 7 atom stereocenters. The first kappa shape index (κ1) is 20.6. The van der Waals surface area contributed by atoms with Gasteiger partial charge < -0.3 is 14.6 Å². The van der Waals surface area contributed by atoms with E-state index in [-0.39, 0.29) is 24.4 Å². The largest absolute Gasteiger partial charge is 0.481 e. The molecule has 1 N–H and O–H groups in total. The summed E-state index contributed by atoms with van der Waals surface area (Å²) in [5.74, 6) is 0.680. The molecular formula is C25H34O4. The molecule has 158 valence electrons. The van der Waals surface area contributed by atoms with Crippen LogP contribution in [0.25, 0.3) is 6.08 Å². The third-order valence-electron chi connectivity index (χ3n) is 7.23. The lowest BCUT2D eigenvalue weighted by atomic mass is 9.76. The Morgan fingerprint density at radius 1 is 1.07 bits per heavy atom. The van der Waals surface area contributed by atoms with Crippen molar-refractivity contribution in [1.29, 1.82) is 0 Å². The molecule has 0 spiro atoms. The molecule has 0 radical (unpaired) electrons. The second-order valence-corrected chi connectivity index (χ2v) is 9.23. The maximum atomic E-state index is 11.5. The predicted molar refractivity (Wildman–Crippen MR) is 113 cm³/mol. The van der Waals surface area contributed by atoms with Gasteiger partial charge in [0.15, 0.2) is 6.29 Å². The van der Waals surface area contributed by atoms with Crippen LogP contribution in [0, 0.1) is 23.7 Å². The van der Waals surface area contributed by atoms with Crippen molar-refractivity contribution in [3.63, 3.8) is 0 Å². The van der Waals surface area contributed by atoms with Gasteiger partial charge in [0.25, 0.3) is 0 Å². The normalized spacial score (nSPS) is 37.1. The van der Waals surface area contributed by atoms with Crippen LogP contribution in [0.4, 0.5) is 0 Å². The van der Waals surface area contributed by atoms with Gasteiger partial charge in [-0.2, -0.15) is 0 Å². The molecule has 3 fully saturated rings. The Morgan fingerprint density at radius 2 is 1.79 bits per heavy atom. The summed E-state index contributed by atoms with van der Waals surface area (Å²) in [5, 5.41) is 9.50. The molecule has 1 heterocycles. The van der Waals surface area contributed by atoms with Gasteiger partial charge in [-0.05, 0) is 61.5 Å².